The van der Waals surface area contributed by atoms with Gasteiger partial charge in [0.2, 0.25) is 21.8 Å². The van der Waals surface area contributed by atoms with E-state index in [1.54, 1.807) is 35.2 Å². The molecule has 0 bridgehead atoms. The highest BCUT2D eigenvalue weighted by molar-refractivity contribution is 9.10. The number of nitrogens with zero attached hydrogens (tertiary/aromatic N) is 2. The van der Waals surface area contributed by atoms with Crippen molar-refractivity contribution in [3.8, 4) is 0 Å². The minimum atomic E-state index is -3.65. The second kappa shape index (κ2) is 15.7. The Labute approximate surface area is 246 Å². The van der Waals surface area contributed by atoms with Gasteiger partial charge in [-0.1, -0.05) is 89.9 Å². The Kier molecular flexibility index (Phi) is 12.4. The van der Waals surface area contributed by atoms with Crippen molar-refractivity contribution in [2.45, 2.75) is 56.5 Å². The molecule has 0 aromatic heterocycles. The molecule has 0 aliphatic heterocycles. The monoisotopic (exact) mass is 627 g/mol. The van der Waals surface area contributed by atoms with Gasteiger partial charge in [-0.2, -0.15) is 0 Å². The summed E-state index contributed by atoms with van der Waals surface area (Å²) in [6.45, 7) is 3.05. The summed E-state index contributed by atoms with van der Waals surface area (Å²) in [6.07, 6.45) is 2.62. The number of halogens is 1. The number of carbonyl (C=O) groups excluding carboxylic acids is 2. The van der Waals surface area contributed by atoms with Gasteiger partial charge in [0.25, 0.3) is 0 Å². The summed E-state index contributed by atoms with van der Waals surface area (Å²) in [4.78, 5) is 29.1. The van der Waals surface area contributed by atoms with Crippen LogP contribution in [0.4, 0.5) is 0 Å². The van der Waals surface area contributed by atoms with Gasteiger partial charge in [0.1, 0.15) is 6.04 Å². The van der Waals surface area contributed by atoms with E-state index in [1.807, 2.05) is 54.6 Å². The first kappa shape index (κ1) is 31.5. The zero-order valence-corrected chi connectivity index (χ0v) is 25.5. The Balaban J connectivity index is 1.80. The maximum Gasteiger partial charge on any atom is 0.243 e. The summed E-state index contributed by atoms with van der Waals surface area (Å²) in [7, 11) is -2.13. The van der Waals surface area contributed by atoms with Crippen molar-refractivity contribution in [1.29, 1.82) is 0 Å². The second-order valence-corrected chi connectivity index (χ2v) is 12.7. The standard InChI is InChI=1S/C31H38BrN3O4S/c1-3-4-21-33-31(37)29(23-25-12-7-5-8-13-25)35(24-26-17-19-27(32)20-18-26)30(36)16-11-22-34(2)40(38,39)28-14-9-6-10-15-28/h5-10,12-15,17-20,29H,3-4,11,16,21-24H2,1-2H3,(H,33,37)/t29-/m1/s1. The van der Waals surface area contributed by atoms with Crippen molar-refractivity contribution in [1.82, 2.24) is 14.5 Å². The molecule has 40 heavy (non-hydrogen) atoms. The Bertz CT molecular complexity index is 1320. The van der Waals surface area contributed by atoms with Crippen molar-refractivity contribution in [2.24, 2.45) is 0 Å². The largest absolute Gasteiger partial charge is 0.354 e. The first-order valence-electron chi connectivity index (χ1n) is 13.6. The Morgan fingerprint density at radius 1 is 0.875 bits per heavy atom. The van der Waals surface area contributed by atoms with Crippen LogP contribution in [0.5, 0.6) is 0 Å². The molecule has 3 rings (SSSR count). The van der Waals surface area contributed by atoms with Crippen LogP contribution in [0.25, 0.3) is 0 Å². The summed E-state index contributed by atoms with van der Waals surface area (Å²) in [5, 5.41) is 3.02. The molecule has 0 saturated heterocycles. The van der Waals surface area contributed by atoms with Gasteiger partial charge in [-0.05, 0) is 48.2 Å². The first-order valence-corrected chi connectivity index (χ1v) is 15.8. The van der Waals surface area contributed by atoms with Crippen molar-refractivity contribution in [3.63, 3.8) is 0 Å². The molecule has 0 unspecified atom stereocenters. The third kappa shape index (κ3) is 9.28. The van der Waals surface area contributed by atoms with Crippen LogP contribution in [0, 0.1) is 0 Å². The number of hydrogen-bond acceptors (Lipinski definition) is 4. The van der Waals surface area contributed by atoms with Crippen molar-refractivity contribution < 1.29 is 18.0 Å². The molecular weight excluding hydrogens is 590 g/mol. The molecule has 7 nitrogen and oxygen atoms in total. The lowest BCUT2D eigenvalue weighted by Crippen LogP contribution is -2.50. The molecule has 0 aliphatic carbocycles. The predicted molar refractivity (Wildman–Crippen MR) is 162 cm³/mol. The van der Waals surface area contributed by atoms with Gasteiger partial charge in [0.05, 0.1) is 4.90 Å². The molecular formula is C31H38BrN3O4S. The van der Waals surface area contributed by atoms with E-state index in [2.05, 4.69) is 28.2 Å². The van der Waals surface area contributed by atoms with Gasteiger partial charge in [-0.15, -0.1) is 0 Å². The Hall–Kier alpha value is -3.01. The fourth-order valence-corrected chi connectivity index (χ4v) is 5.83. The van der Waals surface area contributed by atoms with E-state index in [0.717, 1.165) is 28.4 Å². The summed E-state index contributed by atoms with van der Waals surface area (Å²) in [5.41, 5.74) is 1.86. The summed E-state index contributed by atoms with van der Waals surface area (Å²) >= 11 is 3.45. The number of nitrogens with one attached hydrogen (secondary N) is 1. The lowest BCUT2D eigenvalue weighted by Gasteiger charge is -2.32. The van der Waals surface area contributed by atoms with Gasteiger partial charge >= 0.3 is 0 Å². The molecule has 0 aliphatic rings. The van der Waals surface area contributed by atoms with E-state index in [-0.39, 0.29) is 36.2 Å². The van der Waals surface area contributed by atoms with Gasteiger partial charge in [-0.3, -0.25) is 9.59 Å². The molecule has 1 atom stereocenters. The predicted octanol–water partition coefficient (Wildman–Crippen LogP) is 5.41. The van der Waals surface area contributed by atoms with Crippen LogP contribution in [0.2, 0.25) is 0 Å². The highest BCUT2D eigenvalue weighted by Crippen LogP contribution is 2.19. The van der Waals surface area contributed by atoms with Crippen LogP contribution in [0.15, 0.2) is 94.3 Å². The number of unbranched alkanes of at least 4 members (excludes halogenated alkanes) is 1. The molecule has 214 valence electrons. The third-order valence-electron chi connectivity index (χ3n) is 6.68. The Morgan fingerprint density at radius 2 is 1.50 bits per heavy atom. The third-order valence-corrected chi connectivity index (χ3v) is 9.08. The number of amides is 2. The van der Waals surface area contributed by atoms with Crippen LogP contribution >= 0.6 is 15.9 Å². The van der Waals surface area contributed by atoms with Crippen molar-refractivity contribution >= 4 is 37.8 Å². The van der Waals surface area contributed by atoms with Gasteiger partial charge in [-0.25, -0.2) is 12.7 Å². The molecule has 0 spiro atoms. The maximum absolute atomic E-state index is 13.8. The summed E-state index contributed by atoms with van der Waals surface area (Å²) < 4.78 is 28.0. The lowest BCUT2D eigenvalue weighted by atomic mass is 10.0. The van der Waals surface area contributed by atoms with E-state index in [1.165, 1.54) is 11.4 Å². The van der Waals surface area contributed by atoms with Crippen LogP contribution in [-0.4, -0.2) is 55.6 Å². The number of carbonyl (C=O) groups is 2. The quantitative estimate of drug-likeness (QED) is 0.228. The van der Waals surface area contributed by atoms with E-state index in [0.29, 0.717) is 19.4 Å². The highest BCUT2D eigenvalue weighted by Gasteiger charge is 2.30. The molecule has 0 heterocycles. The summed E-state index contributed by atoms with van der Waals surface area (Å²) in [5.74, 6) is -0.383. The normalized spacial score (nSPS) is 12.2. The molecule has 9 heteroatoms. The average molecular weight is 629 g/mol. The van der Waals surface area contributed by atoms with E-state index in [9.17, 15) is 18.0 Å². The molecule has 3 aromatic rings. The van der Waals surface area contributed by atoms with E-state index < -0.39 is 16.1 Å². The smallest absolute Gasteiger partial charge is 0.243 e. The van der Waals surface area contributed by atoms with Crippen molar-refractivity contribution in [3.05, 3.63) is 101 Å². The second-order valence-electron chi connectivity index (χ2n) is 9.74. The fourth-order valence-electron chi connectivity index (χ4n) is 4.34. The zero-order valence-electron chi connectivity index (χ0n) is 23.1. The molecule has 1 N–H and O–H groups in total. The minimum Gasteiger partial charge on any atom is -0.354 e. The summed E-state index contributed by atoms with van der Waals surface area (Å²) in [6, 6.07) is 24.9. The number of benzene rings is 3. The van der Waals surface area contributed by atoms with E-state index >= 15 is 0 Å². The minimum absolute atomic E-state index is 0.110. The van der Waals surface area contributed by atoms with Crippen LogP contribution in [0.1, 0.15) is 43.7 Å². The number of hydrogen-bond donors (Lipinski definition) is 1. The maximum atomic E-state index is 13.8. The molecule has 2 amide bonds. The lowest BCUT2D eigenvalue weighted by molar-refractivity contribution is -0.141. The zero-order chi connectivity index (χ0) is 29.0. The van der Waals surface area contributed by atoms with Crippen LogP contribution in [0.3, 0.4) is 0 Å². The fraction of sp³-hybridized carbons (Fsp3) is 0.355. The molecule has 0 fully saturated rings. The molecule has 0 saturated carbocycles. The molecule has 3 aromatic carbocycles. The van der Waals surface area contributed by atoms with Gasteiger partial charge < -0.3 is 10.2 Å². The first-order chi connectivity index (χ1) is 19.2. The number of rotatable bonds is 15. The van der Waals surface area contributed by atoms with Gasteiger partial charge in [0.15, 0.2) is 0 Å². The molecule has 0 radical (unpaired) electrons. The van der Waals surface area contributed by atoms with Gasteiger partial charge in [0, 0.05) is 44.0 Å². The van der Waals surface area contributed by atoms with Crippen molar-refractivity contribution in [2.75, 3.05) is 20.1 Å². The highest BCUT2D eigenvalue weighted by atomic mass is 79.9. The topological polar surface area (TPSA) is 86.8 Å². The van der Waals surface area contributed by atoms with E-state index in [4.69, 9.17) is 0 Å². The SMILES string of the molecule is CCCCNC(=O)[C@@H](Cc1ccccc1)N(Cc1ccc(Br)cc1)C(=O)CCCN(C)S(=O)(=O)c1ccccc1. The number of sulfonamides is 1. The van der Waals surface area contributed by atoms with Crippen LogP contribution in [-0.2, 0) is 32.6 Å². The average Bonchev–Trinajstić information content (AvgIpc) is 2.96. The van der Waals surface area contributed by atoms with Crippen LogP contribution < -0.4 is 5.32 Å². The Morgan fingerprint density at radius 3 is 2.12 bits per heavy atom.